The summed E-state index contributed by atoms with van der Waals surface area (Å²) in [4.78, 5) is 13.3. The summed E-state index contributed by atoms with van der Waals surface area (Å²) >= 11 is 0. The quantitative estimate of drug-likeness (QED) is 0.770. The number of nitrogen functional groups attached to an aromatic ring is 1. The van der Waals surface area contributed by atoms with Gasteiger partial charge in [-0.25, -0.2) is 9.97 Å². The van der Waals surface area contributed by atoms with Gasteiger partial charge in [-0.05, 0) is 12.1 Å². The Hall–Kier alpha value is -2.49. The maximum Gasteiger partial charge on any atom is 0.133 e. The monoisotopic (exact) mass is 264 g/mol. The first kappa shape index (κ1) is 12.5. The zero-order valence-electron chi connectivity index (χ0n) is 11.5. The predicted octanol–water partition coefficient (Wildman–Crippen LogP) is 3.40. The molecule has 0 spiro atoms. The Labute approximate surface area is 117 Å². The van der Waals surface area contributed by atoms with Crippen LogP contribution in [-0.2, 0) is 0 Å². The molecule has 3 rings (SSSR count). The first-order valence-corrected chi connectivity index (χ1v) is 6.63. The van der Waals surface area contributed by atoms with Crippen molar-refractivity contribution in [2.75, 3.05) is 5.73 Å². The topological polar surface area (TPSA) is 64.7 Å². The Morgan fingerprint density at radius 3 is 2.65 bits per heavy atom. The summed E-state index contributed by atoms with van der Waals surface area (Å²) in [5, 5.41) is 1.09. The van der Waals surface area contributed by atoms with E-state index in [9.17, 15) is 0 Å². The van der Waals surface area contributed by atoms with Gasteiger partial charge in [-0.2, -0.15) is 0 Å². The van der Waals surface area contributed by atoms with E-state index in [1.165, 1.54) is 0 Å². The minimum absolute atomic E-state index is 0.241. The molecule has 0 aliphatic carbocycles. The highest BCUT2D eigenvalue weighted by molar-refractivity contribution is 5.82. The van der Waals surface area contributed by atoms with Gasteiger partial charge in [0, 0.05) is 29.1 Å². The van der Waals surface area contributed by atoms with Crippen molar-refractivity contribution >= 4 is 16.7 Å². The Balaban J connectivity index is 2.15. The molecule has 100 valence electrons. The number of rotatable bonds is 2. The zero-order chi connectivity index (χ0) is 14.1. The summed E-state index contributed by atoms with van der Waals surface area (Å²) in [6.07, 6.45) is 1.83. The lowest BCUT2D eigenvalue weighted by Crippen LogP contribution is -2.03. The highest BCUT2D eigenvalue weighted by Crippen LogP contribution is 2.23. The Morgan fingerprint density at radius 2 is 1.85 bits per heavy atom. The summed E-state index contributed by atoms with van der Waals surface area (Å²) in [6, 6.07) is 11.9. The molecule has 2 N–H and O–H groups in total. The minimum Gasteiger partial charge on any atom is -0.384 e. The van der Waals surface area contributed by atoms with Crippen molar-refractivity contribution in [2.24, 2.45) is 0 Å². The molecule has 2 heterocycles. The Kier molecular flexibility index (Phi) is 3.06. The van der Waals surface area contributed by atoms with Crippen molar-refractivity contribution in [3.05, 3.63) is 48.4 Å². The normalized spacial score (nSPS) is 11.2. The smallest absolute Gasteiger partial charge is 0.133 e. The summed E-state index contributed by atoms with van der Waals surface area (Å²) < 4.78 is 0. The van der Waals surface area contributed by atoms with E-state index in [0.717, 1.165) is 28.0 Å². The fraction of sp³-hybridized carbons (Fsp3) is 0.188. The zero-order valence-corrected chi connectivity index (χ0v) is 11.5. The molecule has 3 aromatic rings. The third-order valence-corrected chi connectivity index (χ3v) is 3.17. The van der Waals surface area contributed by atoms with Crippen molar-refractivity contribution in [3.63, 3.8) is 0 Å². The maximum absolute atomic E-state index is 5.88. The molecule has 4 heteroatoms. The van der Waals surface area contributed by atoms with Gasteiger partial charge in [-0.15, -0.1) is 0 Å². The van der Waals surface area contributed by atoms with Gasteiger partial charge < -0.3 is 5.73 Å². The van der Waals surface area contributed by atoms with E-state index in [1.807, 2.05) is 30.5 Å². The van der Waals surface area contributed by atoms with Crippen molar-refractivity contribution in [1.29, 1.82) is 0 Å². The van der Waals surface area contributed by atoms with Gasteiger partial charge in [-0.3, -0.25) is 4.98 Å². The number of fused-ring (bicyclic) bond motifs is 1. The number of nitrogens with zero attached hydrogens (tertiary/aromatic N) is 3. The lowest BCUT2D eigenvalue weighted by atomic mass is 10.1. The molecule has 0 aliphatic heterocycles. The first-order chi connectivity index (χ1) is 9.63. The molecule has 0 aliphatic rings. The van der Waals surface area contributed by atoms with Crippen LogP contribution in [0.5, 0.6) is 0 Å². The van der Waals surface area contributed by atoms with Gasteiger partial charge in [0.1, 0.15) is 11.6 Å². The van der Waals surface area contributed by atoms with Gasteiger partial charge in [-0.1, -0.05) is 32.0 Å². The van der Waals surface area contributed by atoms with E-state index in [0.29, 0.717) is 5.82 Å². The van der Waals surface area contributed by atoms with Crippen LogP contribution in [0.25, 0.3) is 22.2 Å². The molecule has 0 saturated carbocycles. The molecule has 1 aromatic carbocycles. The highest BCUT2D eigenvalue weighted by atomic mass is 15.0. The standard InChI is InChI=1S/C16H16N4/c1-10(2)16-19-14(8-15(17)20-16)12-7-11-5-3-4-6-13(11)18-9-12/h3-10H,1-2H3,(H2,17,19,20). The van der Waals surface area contributed by atoms with Gasteiger partial charge in [0.2, 0.25) is 0 Å². The molecule has 0 atom stereocenters. The third kappa shape index (κ3) is 2.32. The Bertz CT molecular complexity index is 765. The molecular weight excluding hydrogens is 248 g/mol. The van der Waals surface area contributed by atoms with Crippen LogP contribution >= 0.6 is 0 Å². The minimum atomic E-state index is 0.241. The Morgan fingerprint density at radius 1 is 1.05 bits per heavy atom. The highest BCUT2D eigenvalue weighted by Gasteiger charge is 2.09. The number of para-hydroxylation sites is 1. The van der Waals surface area contributed by atoms with E-state index in [1.54, 1.807) is 6.07 Å². The SMILES string of the molecule is CC(C)c1nc(N)cc(-c2cnc3ccccc3c2)n1. The van der Waals surface area contributed by atoms with Crippen LogP contribution in [0.15, 0.2) is 42.6 Å². The molecule has 0 saturated heterocycles. The number of hydrogen-bond acceptors (Lipinski definition) is 4. The van der Waals surface area contributed by atoms with E-state index in [-0.39, 0.29) is 5.92 Å². The van der Waals surface area contributed by atoms with Gasteiger partial charge in [0.05, 0.1) is 11.2 Å². The molecule has 2 aromatic heterocycles. The molecule has 0 bridgehead atoms. The molecule has 4 nitrogen and oxygen atoms in total. The first-order valence-electron chi connectivity index (χ1n) is 6.63. The molecular formula is C16H16N4. The summed E-state index contributed by atoms with van der Waals surface area (Å²) in [5.41, 5.74) is 8.63. The van der Waals surface area contributed by atoms with Crippen LogP contribution in [0.3, 0.4) is 0 Å². The van der Waals surface area contributed by atoms with Crippen molar-refractivity contribution in [1.82, 2.24) is 15.0 Å². The van der Waals surface area contributed by atoms with Crippen LogP contribution in [-0.4, -0.2) is 15.0 Å². The molecule has 0 unspecified atom stereocenters. The molecule has 20 heavy (non-hydrogen) atoms. The second-order valence-electron chi connectivity index (χ2n) is 5.11. The molecule has 0 fully saturated rings. The molecule has 0 amide bonds. The number of aromatic nitrogens is 3. The van der Waals surface area contributed by atoms with E-state index >= 15 is 0 Å². The second kappa shape index (κ2) is 4.89. The van der Waals surface area contributed by atoms with Gasteiger partial charge in [0.25, 0.3) is 0 Å². The predicted molar refractivity (Wildman–Crippen MR) is 81.3 cm³/mol. The van der Waals surface area contributed by atoms with E-state index in [2.05, 4.69) is 34.9 Å². The van der Waals surface area contributed by atoms with Crippen LogP contribution in [0.2, 0.25) is 0 Å². The lowest BCUT2D eigenvalue weighted by molar-refractivity contribution is 0.778. The van der Waals surface area contributed by atoms with Gasteiger partial charge >= 0.3 is 0 Å². The summed E-state index contributed by atoms with van der Waals surface area (Å²) in [5.74, 6) is 1.49. The number of pyridine rings is 1. The van der Waals surface area contributed by atoms with Crippen LogP contribution in [0, 0.1) is 0 Å². The number of hydrogen-bond donors (Lipinski definition) is 1. The molecule has 0 radical (unpaired) electrons. The van der Waals surface area contributed by atoms with Crippen molar-refractivity contribution in [3.8, 4) is 11.3 Å². The second-order valence-corrected chi connectivity index (χ2v) is 5.11. The van der Waals surface area contributed by atoms with Crippen LogP contribution in [0.1, 0.15) is 25.6 Å². The van der Waals surface area contributed by atoms with Crippen LogP contribution < -0.4 is 5.73 Å². The fourth-order valence-corrected chi connectivity index (χ4v) is 2.10. The van der Waals surface area contributed by atoms with Crippen LogP contribution in [0.4, 0.5) is 5.82 Å². The number of nitrogens with two attached hydrogens (primary N) is 1. The summed E-state index contributed by atoms with van der Waals surface area (Å²) in [6.45, 7) is 4.11. The largest absolute Gasteiger partial charge is 0.384 e. The third-order valence-electron chi connectivity index (χ3n) is 3.17. The van der Waals surface area contributed by atoms with Crippen molar-refractivity contribution in [2.45, 2.75) is 19.8 Å². The fourth-order valence-electron chi connectivity index (χ4n) is 2.10. The van der Waals surface area contributed by atoms with E-state index < -0.39 is 0 Å². The lowest BCUT2D eigenvalue weighted by Gasteiger charge is -2.08. The van der Waals surface area contributed by atoms with E-state index in [4.69, 9.17) is 5.73 Å². The average Bonchev–Trinajstić information content (AvgIpc) is 2.46. The maximum atomic E-state index is 5.88. The van der Waals surface area contributed by atoms with Gasteiger partial charge in [0.15, 0.2) is 0 Å². The number of benzene rings is 1. The van der Waals surface area contributed by atoms with Crippen molar-refractivity contribution < 1.29 is 0 Å². The average molecular weight is 264 g/mol. The summed E-state index contributed by atoms with van der Waals surface area (Å²) in [7, 11) is 0. The number of anilines is 1.